The molecule has 1 atom stereocenters. The molecule has 1 N–H and O–H groups in total. The Labute approximate surface area is 154 Å². The lowest BCUT2D eigenvalue weighted by Crippen LogP contribution is -2.45. The highest BCUT2D eigenvalue weighted by Crippen LogP contribution is 2.28. The zero-order valence-corrected chi connectivity index (χ0v) is 16.1. The molecule has 1 aliphatic heterocycles. The Balaban J connectivity index is 1.41. The van der Waals surface area contributed by atoms with Crippen molar-refractivity contribution in [3.8, 4) is 0 Å². The number of nitrogens with one attached hydrogen (secondary N) is 1. The second-order valence-corrected chi connectivity index (χ2v) is 8.44. The average molecular weight is 364 g/mol. The minimum atomic E-state index is 0.0397. The van der Waals surface area contributed by atoms with Crippen molar-refractivity contribution in [3.63, 3.8) is 0 Å². The highest BCUT2D eigenvalue weighted by atomic mass is 32.1. The van der Waals surface area contributed by atoms with E-state index >= 15 is 0 Å². The van der Waals surface area contributed by atoms with Crippen LogP contribution in [0.15, 0.2) is 5.38 Å². The van der Waals surface area contributed by atoms with E-state index < -0.39 is 0 Å². The smallest absolute Gasteiger partial charge is 0.225 e. The van der Waals surface area contributed by atoms with Crippen LogP contribution in [0.4, 0.5) is 0 Å². The van der Waals surface area contributed by atoms with E-state index in [2.05, 4.69) is 17.2 Å². The zero-order valence-electron chi connectivity index (χ0n) is 15.3. The van der Waals surface area contributed by atoms with Crippen LogP contribution in [-0.4, -0.2) is 41.3 Å². The second-order valence-electron chi connectivity index (χ2n) is 7.55. The molecule has 3 rings (SSSR count). The van der Waals surface area contributed by atoms with Gasteiger partial charge in [-0.05, 0) is 32.6 Å². The van der Waals surface area contributed by atoms with E-state index in [4.69, 9.17) is 0 Å². The molecule has 2 heterocycles. The van der Waals surface area contributed by atoms with E-state index in [1.807, 2.05) is 17.2 Å². The first-order valence-electron chi connectivity index (χ1n) is 9.53. The van der Waals surface area contributed by atoms with Gasteiger partial charge in [-0.2, -0.15) is 0 Å². The van der Waals surface area contributed by atoms with Gasteiger partial charge < -0.3 is 10.2 Å². The highest BCUT2D eigenvalue weighted by molar-refractivity contribution is 7.09. The summed E-state index contributed by atoms with van der Waals surface area (Å²) in [4.78, 5) is 31.4. The summed E-state index contributed by atoms with van der Waals surface area (Å²) in [5.74, 6) is 0.981. The van der Waals surface area contributed by atoms with Crippen LogP contribution < -0.4 is 5.32 Å². The van der Waals surface area contributed by atoms with Gasteiger partial charge in [-0.15, -0.1) is 11.3 Å². The third-order valence-corrected chi connectivity index (χ3v) is 6.72. The van der Waals surface area contributed by atoms with Crippen molar-refractivity contribution in [1.82, 2.24) is 15.2 Å². The van der Waals surface area contributed by atoms with E-state index in [0.29, 0.717) is 12.5 Å². The maximum absolute atomic E-state index is 12.5. The number of carbonyl (C=O) groups is 2. The molecule has 0 unspecified atom stereocenters. The summed E-state index contributed by atoms with van der Waals surface area (Å²) in [5, 5.41) is 6.21. The quantitative estimate of drug-likeness (QED) is 0.874. The van der Waals surface area contributed by atoms with Crippen LogP contribution in [0.25, 0.3) is 0 Å². The molecular weight excluding hydrogens is 334 g/mol. The Morgan fingerprint density at radius 3 is 2.52 bits per heavy atom. The molecule has 2 aliphatic rings. The number of rotatable bonds is 5. The molecule has 0 radical (unpaired) electrons. The number of likely N-dealkylation sites (tertiary alicyclic amines) is 1. The van der Waals surface area contributed by atoms with E-state index in [-0.39, 0.29) is 23.7 Å². The first-order valence-corrected chi connectivity index (χ1v) is 10.4. The van der Waals surface area contributed by atoms with Gasteiger partial charge in [0.1, 0.15) is 0 Å². The van der Waals surface area contributed by atoms with Crippen molar-refractivity contribution in [1.29, 1.82) is 0 Å². The number of aromatic nitrogens is 1. The number of nitrogens with zero attached hydrogens (tertiary/aromatic N) is 2. The fraction of sp³-hybridized carbons (Fsp3) is 0.737. The van der Waals surface area contributed by atoms with Crippen molar-refractivity contribution < 1.29 is 9.59 Å². The van der Waals surface area contributed by atoms with Gasteiger partial charge in [-0.25, -0.2) is 4.98 Å². The second kappa shape index (κ2) is 8.30. The molecule has 0 bridgehead atoms. The van der Waals surface area contributed by atoms with E-state index in [9.17, 15) is 9.59 Å². The van der Waals surface area contributed by atoms with Crippen LogP contribution in [0.5, 0.6) is 0 Å². The average Bonchev–Trinajstić information content (AvgIpc) is 3.30. The van der Waals surface area contributed by atoms with Crippen LogP contribution in [0.2, 0.25) is 0 Å². The first-order chi connectivity index (χ1) is 12.0. The van der Waals surface area contributed by atoms with E-state index in [1.165, 1.54) is 12.8 Å². The van der Waals surface area contributed by atoms with E-state index in [1.54, 1.807) is 11.3 Å². The Morgan fingerprint density at radius 2 is 1.92 bits per heavy atom. The summed E-state index contributed by atoms with van der Waals surface area (Å²) in [6.07, 6.45) is 6.04. The number of carbonyl (C=O) groups excluding carboxylic acids is 2. The highest BCUT2D eigenvalue weighted by Gasteiger charge is 2.32. The molecule has 138 valence electrons. The number of piperidine rings is 1. The molecule has 1 saturated heterocycles. The molecule has 5 nitrogen and oxygen atoms in total. The standard InChI is InChI=1S/C19H29N3O2S/c1-13(18-21-14(2)12-25-18)11-20-17(23)15-7-9-22(10-8-15)19(24)16-5-3-4-6-16/h12-13,15-16H,3-11H2,1-2H3,(H,20,23)/t13-/m0/s1. The molecule has 1 aliphatic carbocycles. The minimum absolute atomic E-state index is 0.0397. The van der Waals surface area contributed by atoms with Crippen LogP contribution in [0.1, 0.15) is 62.1 Å². The minimum Gasteiger partial charge on any atom is -0.355 e. The van der Waals surface area contributed by atoms with Gasteiger partial charge >= 0.3 is 0 Å². The van der Waals surface area contributed by atoms with Crippen LogP contribution in [0, 0.1) is 18.8 Å². The molecule has 1 aromatic heterocycles. The molecule has 1 aromatic rings. The van der Waals surface area contributed by atoms with Crippen LogP contribution >= 0.6 is 11.3 Å². The predicted molar refractivity (Wildman–Crippen MR) is 99.5 cm³/mol. The van der Waals surface area contributed by atoms with Gasteiger partial charge in [-0.1, -0.05) is 19.8 Å². The molecule has 2 fully saturated rings. The molecule has 2 amide bonds. The summed E-state index contributed by atoms with van der Waals surface area (Å²) in [7, 11) is 0. The Bertz CT molecular complexity index is 602. The maximum atomic E-state index is 12.5. The summed E-state index contributed by atoms with van der Waals surface area (Å²) in [6.45, 7) is 6.18. The Kier molecular flexibility index (Phi) is 6.10. The fourth-order valence-corrected chi connectivity index (χ4v) is 4.73. The van der Waals surface area contributed by atoms with Gasteiger partial charge in [0.25, 0.3) is 0 Å². The number of aryl methyl sites for hydroxylation is 1. The maximum Gasteiger partial charge on any atom is 0.225 e. The lowest BCUT2D eigenvalue weighted by atomic mass is 9.94. The van der Waals surface area contributed by atoms with Crippen molar-refractivity contribution in [2.24, 2.45) is 11.8 Å². The van der Waals surface area contributed by atoms with Crippen molar-refractivity contribution in [3.05, 3.63) is 16.1 Å². The summed E-state index contributed by atoms with van der Waals surface area (Å²) >= 11 is 1.65. The SMILES string of the molecule is Cc1csc([C@@H](C)CNC(=O)C2CCN(C(=O)C3CCCC3)CC2)n1. The summed E-state index contributed by atoms with van der Waals surface area (Å²) in [6, 6.07) is 0. The summed E-state index contributed by atoms with van der Waals surface area (Å²) < 4.78 is 0. The lowest BCUT2D eigenvalue weighted by Gasteiger charge is -2.33. The van der Waals surface area contributed by atoms with Crippen LogP contribution in [0.3, 0.4) is 0 Å². The molecule has 25 heavy (non-hydrogen) atoms. The lowest BCUT2D eigenvalue weighted by molar-refractivity contribution is -0.139. The van der Waals surface area contributed by atoms with Gasteiger partial charge in [0.15, 0.2) is 0 Å². The first kappa shape index (κ1) is 18.4. The molecule has 0 spiro atoms. The van der Waals surface area contributed by atoms with Gasteiger partial charge in [0.05, 0.1) is 5.01 Å². The zero-order chi connectivity index (χ0) is 17.8. The normalized spacial score (nSPS) is 20.6. The number of thiazole rings is 1. The van der Waals surface area contributed by atoms with Crippen molar-refractivity contribution in [2.45, 2.75) is 58.3 Å². The number of amides is 2. The molecule has 6 heteroatoms. The Morgan fingerprint density at radius 1 is 1.24 bits per heavy atom. The van der Waals surface area contributed by atoms with Gasteiger partial charge in [0.2, 0.25) is 11.8 Å². The third-order valence-electron chi connectivity index (χ3n) is 5.52. The van der Waals surface area contributed by atoms with Gasteiger partial charge in [-0.3, -0.25) is 9.59 Å². The van der Waals surface area contributed by atoms with Crippen LogP contribution in [-0.2, 0) is 9.59 Å². The molecule has 0 aromatic carbocycles. The molecular formula is C19H29N3O2S. The number of hydrogen-bond acceptors (Lipinski definition) is 4. The monoisotopic (exact) mass is 363 g/mol. The van der Waals surface area contributed by atoms with Crippen molar-refractivity contribution >= 4 is 23.2 Å². The fourth-order valence-electron chi connectivity index (χ4n) is 3.88. The van der Waals surface area contributed by atoms with E-state index in [0.717, 1.165) is 49.5 Å². The summed E-state index contributed by atoms with van der Waals surface area (Å²) in [5.41, 5.74) is 1.04. The molecule has 1 saturated carbocycles. The van der Waals surface area contributed by atoms with Crippen molar-refractivity contribution in [2.75, 3.05) is 19.6 Å². The topological polar surface area (TPSA) is 62.3 Å². The largest absolute Gasteiger partial charge is 0.355 e. The predicted octanol–water partition coefficient (Wildman–Crippen LogP) is 3.10. The van der Waals surface area contributed by atoms with Gasteiger partial charge in [0, 0.05) is 48.5 Å². The Hall–Kier alpha value is -1.43. The third kappa shape index (κ3) is 4.60. The number of hydrogen-bond donors (Lipinski definition) is 1.